The average Bonchev–Trinajstić information content (AvgIpc) is 3.61. The molecule has 0 aromatic carbocycles. The Morgan fingerprint density at radius 3 is 1.75 bits per heavy atom. The summed E-state index contributed by atoms with van der Waals surface area (Å²) in [5.41, 5.74) is -0.164. The third-order valence-electron chi connectivity index (χ3n) is 15.5. The van der Waals surface area contributed by atoms with Gasteiger partial charge in [-0.2, -0.15) is 0 Å². The standard InChI is InChI=1S/C42H75N3O15/c1-22(26-9-10-27-25-8-7-23-18-24(48)12-13-41(23,2)28(25)19-31(51)42(26,27)3)6-11-32(52)45(16-4-14-43-39(59)37(57)35(55)33(53)29(49)20-46)17-5-15-44-40(60)38(58)36(56)34(54)30(50)21-47/h22-31,33-38,46-51,53-58H,4-21H2,1-3H3,(H,43,59)(H,44,60)/t22?,23-,24-,25-,26+,27+,28+,29?,30?,31-,33+,34?,35?,36?,37?,38?,41+,42-/m1/s1. The van der Waals surface area contributed by atoms with Crippen LogP contribution in [0.1, 0.15) is 97.8 Å². The van der Waals surface area contributed by atoms with Gasteiger partial charge >= 0.3 is 0 Å². The molecule has 4 aliphatic carbocycles. The maximum atomic E-state index is 13.8. The summed E-state index contributed by atoms with van der Waals surface area (Å²) in [4.78, 5) is 40.3. The quantitative estimate of drug-likeness (QED) is 0.0486. The van der Waals surface area contributed by atoms with E-state index in [9.17, 15) is 65.4 Å². The molecule has 18 heteroatoms. The fourth-order valence-electron chi connectivity index (χ4n) is 11.8. The Morgan fingerprint density at radius 1 is 0.700 bits per heavy atom. The van der Waals surface area contributed by atoms with Gasteiger partial charge in [0.05, 0.1) is 25.4 Å². The second-order valence-corrected chi connectivity index (χ2v) is 18.9. The van der Waals surface area contributed by atoms with E-state index in [-0.39, 0.29) is 80.1 Å². The van der Waals surface area contributed by atoms with Gasteiger partial charge < -0.3 is 76.8 Å². The third kappa shape index (κ3) is 11.2. The number of carbonyl (C=O) groups is 3. The molecule has 18 atom stereocenters. The molecule has 18 nitrogen and oxygen atoms in total. The Hall–Kier alpha value is -2.07. The minimum atomic E-state index is -2.11. The number of nitrogens with one attached hydrogen (secondary N) is 2. The molecular weight excluding hydrogens is 786 g/mol. The van der Waals surface area contributed by atoms with E-state index in [4.69, 9.17) is 10.2 Å². The summed E-state index contributed by atoms with van der Waals surface area (Å²) < 4.78 is 0. The maximum Gasteiger partial charge on any atom is 0.251 e. The fraction of sp³-hybridized carbons (Fsp3) is 0.929. The van der Waals surface area contributed by atoms with Crippen LogP contribution in [-0.4, -0.2) is 184 Å². The number of aliphatic hydroxyl groups is 12. The van der Waals surface area contributed by atoms with Gasteiger partial charge in [0, 0.05) is 32.6 Å². The van der Waals surface area contributed by atoms with Crippen LogP contribution in [-0.2, 0) is 14.4 Å². The van der Waals surface area contributed by atoms with Crippen molar-refractivity contribution in [1.29, 1.82) is 0 Å². The molecule has 0 aromatic rings. The van der Waals surface area contributed by atoms with Gasteiger partial charge in [0.25, 0.3) is 11.8 Å². The van der Waals surface area contributed by atoms with Crippen molar-refractivity contribution in [2.24, 2.45) is 46.3 Å². The first-order chi connectivity index (χ1) is 28.2. The number of aliphatic hydroxyl groups excluding tert-OH is 12. The molecule has 4 fully saturated rings. The van der Waals surface area contributed by atoms with Gasteiger partial charge in [0.15, 0.2) is 12.2 Å². The summed E-state index contributed by atoms with van der Waals surface area (Å²) in [6.45, 7) is 5.15. The maximum absolute atomic E-state index is 13.8. The normalized spacial score (nSPS) is 34.6. The van der Waals surface area contributed by atoms with Gasteiger partial charge in [-0.3, -0.25) is 14.4 Å². The predicted octanol–water partition coefficient (Wildman–Crippen LogP) is -2.89. The van der Waals surface area contributed by atoms with E-state index in [0.29, 0.717) is 30.1 Å². The van der Waals surface area contributed by atoms with Crippen molar-refractivity contribution in [3.63, 3.8) is 0 Å². The molecule has 8 unspecified atom stereocenters. The molecule has 0 heterocycles. The number of fused-ring (bicyclic) bond motifs is 5. The van der Waals surface area contributed by atoms with Crippen molar-refractivity contribution < 1.29 is 75.7 Å². The van der Waals surface area contributed by atoms with Gasteiger partial charge in [-0.1, -0.05) is 20.8 Å². The van der Waals surface area contributed by atoms with Crippen molar-refractivity contribution in [2.75, 3.05) is 39.4 Å². The van der Waals surface area contributed by atoms with Crippen molar-refractivity contribution in [3.05, 3.63) is 0 Å². The van der Waals surface area contributed by atoms with E-state index in [1.807, 2.05) is 0 Å². The molecule has 14 N–H and O–H groups in total. The highest BCUT2D eigenvalue weighted by molar-refractivity contribution is 5.81. The molecule has 4 rings (SSSR count). The third-order valence-corrected chi connectivity index (χ3v) is 15.5. The second-order valence-electron chi connectivity index (χ2n) is 18.9. The molecule has 0 aromatic heterocycles. The first kappa shape index (κ1) is 50.6. The number of carbonyl (C=O) groups excluding carboxylic acids is 3. The lowest BCUT2D eigenvalue weighted by atomic mass is 9.43. The minimum Gasteiger partial charge on any atom is -0.394 e. The topological polar surface area (TPSA) is 321 Å². The highest BCUT2D eigenvalue weighted by atomic mass is 16.4. The van der Waals surface area contributed by atoms with Crippen molar-refractivity contribution >= 4 is 17.7 Å². The molecule has 0 radical (unpaired) electrons. The second kappa shape index (κ2) is 22.0. The smallest absolute Gasteiger partial charge is 0.251 e. The molecule has 0 spiro atoms. The Balaban J connectivity index is 1.35. The summed E-state index contributed by atoms with van der Waals surface area (Å²) in [5, 5.41) is 124. The van der Waals surface area contributed by atoms with E-state index < -0.39 is 80.0 Å². The van der Waals surface area contributed by atoms with Crippen LogP contribution in [0.3, 0.4) is 0 Å². The first-order valence-corrected chi connectivity index (χ1v) is 22.1. The van der Waals surface area contributed by atoms with Crippen molar-refractivity contribution in [2.45, 2.75) is 159 Å². The van der Waals surface area contributed by atoms with Gasteiger partial charge in [0.1, 0.15) is 36.6 Å². The average molecular weight is 862 g/mol. The van der Waals surface area contributed by atoms with Crippen LogP contribution < -0.4 is 10.6 Å². The van der Waals surface area contributed by atoms with Crippen LogP contribution >= 0.6 is 0 Å². The zero-order valence-corrected chi connectivity index (χ0v) is 35.5. The predicted molar refractivity (Wildman–Crippen MR) is 215 cm³/mol. The van der Waals surface area contributed by atoms with E-state index in [1.165, 1.54) is 0 Å². The Morgan fingerprint density at radius 2 is 1.23 bits per heavy atom. The Labute approximate surface area is 353 Å². The van der Waals surface area contributed by atoms with E-state index >= 15 is 0 Å². The lowest BCUT2D eigenvalue weighted by Crippen LogP contribution is -2.58. The highest BCUT2D eigenvalue weighted by Crippen LogP contribution is 2.68. The minimum absolute atomic E-state index is 0.0491. The van der Waals surface area contributed by atoms with Gasteiger partial charge in [-0.25, -0.2) is 0 Å². The van der Waals surface area contributed by atoms with E-state index in [0.717, 1.165) is 51.4 Å². The summed E-state index contributed by atoms with van der Waals surface area (Å²) in [5.74, 6) is -0.145. The van der Waals surface area contributed by atoms with Crippen molar-refractivity contribution in [1.82, 2.24) is 15.5 Å². The lowest BCUT2D eigenvalue weighted by Gasteiger charge is -2.62. The number of amides is 3. The van der Waals surface area contributed by atoms with E-state index in [2.05, 4.69) is 31.4 Å². The monoisotopic (exact) mass is 862 g/mol. The van der Waals surface area contributed by atoms with Crippen molar-refractivity contribution in [3.8, 4) is 0 Å². The van der Waals surface area contributed by atoms with Crippen LogP contribution in [0.25, 0.3) is 0 Å². The number of nitrogens with zero attached hydrogens (tertiary/aromatic N) is 1. The number of rotatable bonds is 22. The molecule has 348 valence electrons. The van der Waals surface area contributed by atoms with Crippen LogP contribution in [0.2, 0.25) is 0 Å². The molecule has 0 saturated heterocycles. The SMILES string of the molecule is CC(CCC(=O)N(CCCNC(=O)C(O)C(O)C(O)C(O)CO)CCCNC(=O)C(O)C(O)[C@@H](O)C(O)CO)[C@@H]1CC[C@H]2[C@H]3CC[C@@H]4C[C@H](O)CC[C@]4(C)[C@H]3C[C@@H](O)[C@]12C. The van der Waals surface area contributed by atoms with E-state index in [1.54, 1.807) is 4.90 Å². The molecule has 4 aliphatic rings. The lowest BCUT2D eigenvalue weighted by molar-refractivity contribution is -0.175. The Kier molecular flexibility index (Phi) is 18.6. The largest absolute Gasteiger partial charge is 0.394 e. The number of hydrogen-bond acceptors (Lipinski definition) is 15. The summed E-state index contributed by atoms with van der Waals surface area (Å²) in [7, 11) is 0. The van der Waals surface area contributed by atoms with Crippen LogP contribution in [0.15, 0.2) is 0 Å². The van der Waals surface area contributed by atoms with Gasteiger partial charge in [-0.15, -0.1) is 0 Å². The molecule has 60 heavy (non-hydrogen) atoms. The fourth-order valence-corrected chi connectivity index (χ4v) is 11.8. The summed E-state index contributed by atoms with van der Waals surface area (Å²) >= 11 is 0. The molecule has 3 amide bonds. The highest BCUT2D eigenvalue weighted by Gasteiger charge is 2.63. The van der Waals surface area contributed by atoms with Gasteiger partial charge in [0.2, 0.25) is 5.91 Å². The zero-order chi connectivity index (χ0) is 44.7. The zero-order valence-electron chi connectivity index (χ0n) is 35.5. The molecule has 0 bridgehead atoms. The van der Waals surface area contributed by atoms with Gasteiger partial charge in [-0.05, 0) is 117 Å². The molecule has 4 saturated carbocycles. The summed E-state index contributed by atoms with van der Waals surface area (Å²) in [6, 6.07) is 0. The van der Waals surface area contributed by atoms with Crippen LogP contribution in [0.4, 0.5) is 0 Å². The molecule has 0 aliphatic heterocycles. The summed E-state index contributed by atoms with van der Waals surface area (Å²) in [6.07, 6.45) is -7.85. The first-order valence-electron chi connectivity index (χ1n) is 22.1. The number of hydrogen-bond donors (Lipinski definition) is 14. The molecular formula is C42H75N3O15. The van der Waals surface area contributed by atoms with Crippen LogP contribution in [0, 0.1) is 46.3 Å². The van der Waals surface area contributed by atoms with Crippen LogP contribution in [0.5, 0.6) is 0 Å². The Bertz CT molecular complexity index is 1350.